The standard InChI is InChI=1S/C23H19F2N5O3/c1-32-22(31)15-11-29(12-15)23-27-20-17(21(28-23)33-13-14-5-3-2-4-6-14)10-26-30(20)19-8-7-16(24)9-18(19)25/h2-10,15H,11-13H2,1H3. The van der Waals surface area contributed by atoms with Crippen LogP contribution in [0.15, 0.2) is 54.7 Å². The lowest BCUT2D eigenvalue weighted by Crippen LogP contribution is -2.51. The number of fused-ring (bicyclic) bond motifs is 1. The molecular weight excluding hydrogens is 432 g/mol. The Labute approximate surface area is 187 Å². The lowest BCUT2D eigenvalue weighted by molar-refractivity contribution is -0.146. The zero-order chi connectivity index (χ0) is 22.9. The summed E-state index contributed by atoms with van der Waals surface area (Å²) in [6.07, 6.45) is 1.48. The summed E-state index contributed by atoms with van der Waals surface area (Å²) in [7, 11) is 1.35. The van der Waals surface area contributed by atoms with Crippen molar-refractivity contribution >= 4 is 23.0 Å². The minimum Gasteiger partial charge on any atom is -0.472 e. The second kappa shape index (κ2) is 8.45. The van der Waals surface area contributed by atoms with E-state index in [0.717, 1.165) is 17.7 Å². The van der Waals surface area contributed by atoms with Crippen molar-refractivity contribution in [1.82, 2.24) is 19.7 Å². The Morgan fingerprint density at radius 2 is 1.91 bits per heavy atom. The molecule has 0 unspecified atom stereocenters. The molecule has 168 valence electrons. The van der Waals surface area contributed by atoms with Crippen LogP contribution in [-0.4, -0.2) is 45.9 Å². The van der Waals surface area contributed by atoms with Gasteiger partial charge in [-0.05, 0) is 17.7 Å². The van der Waals surface area contributed by atoms with Crippen LogP contribution in [-0.2, 0) is 16.1 Å². The summed E-state index contributed by atoms with van der Waals surface area (Å²) in [5.74, 6) is -1.45. The molecule has 0 radical (unpaired) electrons. The normalized spacial score (nSPS) is 13.7. The van der Waals surface area contributed by atoms with Crippen LogP contribution >= 0.6 is 0 Å². The lowest BCUT2D eigenvalue weighted by atomic mass is 10.0. The first-order valence-electron chi connectivity index (χ1n) is 10.2. The smallest absolute Gasteiger partial charge is 0.312 e. The molecule has 10 heteroatoms. The monoisotopic (exact) mass is 451 g/mol. The molecule has 1 aliphatic rings. The molecule has 0 spiro atoms. The fourth-order valence-corrected chi connectivity index (χ4v) is 3.64. The van der Waals surface area contributed by atoms with Crippen molar-refractivity contribution in [3.8, 4) is 11.6 Å². The van der Waals surface area contributed by atoms with Crippen LogP contribution in [0.5, 0.6) is 5.88 Å². The number of halogens is 2. The van der Waals surface area contributed by atoms with Crippen LogP contribution in [0, 0.1) is 17.6 Å². The van der Waals surface area contributed by atoms with E-state index >= 15 is 0 Å². The average molecular weight is 451 g/mol. The zero-order valence-electron chi connectivity index (χ0n) is 17.6. The highest BCUT2D eigenvalue weighted by molar-refractivity contribution is 5.83. The van der Waals surface area contributed by atoms with Gasteiger partial charge in [-0.15, -0.1) is 0 Å². The Hall–Kier alpha value is -4.08. The molecule has 33 heavy (non-hydrogen) atoms. The highest BCUT2D eigenvalue weighted by Crippen LogP contribution is 2.31. The number of carbonyl (C=O) groups excluding carboxylic acids is 1. The second-order valence-electron chi connectivity index (χ2n) is 7.62. The van der Waals surface area contributed by atoms with Crippen LogP contribution in [0.3, 0.4) is 0 Å². The van der Waals surface area contributed by atoms with Gasteiger partial charge in [0.2, 0.25) is 11.8 Å². The highest BCUT2D eigenvalue weighted by atomic mass is 19.1. The number of ether oxygens (including phenoxy) is 2. The van der Waals surface area contributed by atoms with Crippen LogP contribution < -0.4 is 9.64 Å². The number of carbonyl (C=O) groups is 1. The molecule has 2 aromatic carbocycles. The number of nitrogens with zero attached hydrogens (tertiary/aromatic N) is 5. The molecule has 0 bridgehead atoms. The molecule has 0 N–H and O–H groups in total. The van der Waals surface area contributed by atoms with Crippen molar-refractivity contribution in [1.29, 1.82) is 0 Å². The van der Waals surface area contributed by atoms with Crippen LogP contribution in [0.25, 0.3) is 16.7 Å². The molecule has 0 aliphatic carbocycles. The summed E-state index contributed by atoms with van der Waals surface area (Å²) in [5.41, 5.74) is 1.29. The van der Waals surface area contributed by atoms with E-state index in [1.807, 2.05) is 30.3 Å². The molecule has 1 fully saturated rings. The molecule has 0 saturated carbocycles. The van der Waals surface area contributed by atoms with E-state index in [9.17, 15) is 13.6 Å². The Bertz CT molecular complexity index is 1320. The van der Waals surface area contributed by atoms with Crippen molar-refractivity contribution < 1.29 is 23.0 Å². The summed E-state index contributed by atoms with van der Waals surface area (Å²) in [6.45, 7) is 1.03. The average Bonchev–Trinajstić information content (AvgIpc) is 3.21. The lowest BCUT2D eigenvalue weighted by Gasteiger charge is -2.37. The fourth-order valence-electron chi connectivity index (χ4n) is 3.64. The third kappa shape index (κ3) is 3.95. The van der Waals surface area contributed by atoms with Crippen molar-refractivity contribution in [3.63, 3.8) is 0 Å². The van der Waals surface area contributed by atoms with Gasteiger partial charge < -0.3 is 14.4 Å². The van der Waals surface area contributed by atoms with Crippen molar-refractivity contribution in [2.45, 2.75) is 6.61 Å². The Kier molecular flexibility index (Phi) is 5.33. The summed E-state index contributed by atoms with van der Waals surface area (Å²) in [4.78, 5) is 22.7. The minimum absolute atomic E-state index is 0.0427. The van der Waals surface area contributed by atoms with E-state index < -0.39 is 11.6 Å². The first kappa shape index (κ1) is 20.8. The molecule has 3 heterocycles. The van der Waals surface area contributed by atoms with Gasteiger partial charge in [-0.1, -0.05) is 30.3 Å². The van der Waals surface area contributed by atoms with Crippen LogP contribution in [0.2, 0.25) is 0 Å². The van der Waals surface area contributed by atoms with Gasteiger partial charge >= 0.3 is 5.97 Å². The molecule has 0 amide bonds. The van der Waals surface area contributed by atoms with Crippen molar-refractivity contribution in [3.05, 3.63) is 71.9 Å². The quantitative estimate of drug-likeness (QED) is 0.416. The number of anilines is 1. The Morgan fingerprint density at radius 1 is 1.12 bits per heavy atom. The van der Waals surface area contributed by atoms with Gasteiger partial charge in [-0.2, -0.15) is 15.1 Å². The van der Waals surface area contributed by atoms with E-state index in [4.69, 9.17) is 9.47 Å². The summed E-state index contributed by atoms with van der Waals surface area (Å²) in [6, 6.07) is 12.8. The van der Waals surface area contributed by atoms with Gasteiger partial charge in [-0.25, -0.2) is 13.5 Å². The molecule has 1 aliphatic heterocycles. The van der Waals surface area contributed by atoms with Gasteiger partial charge in [0.25, 0.3) is 0 Å². The number of rotatable bonds is 6. The van der Waals surface area contributed by atoms with Gasteiger partial charge in [0.1, 0.15) is 23.5 Å². The van der Waals surface area contributed by atoms with E-state index in [1.54, 1.807) is 4.90 Å². The zero-order valence-corrected chi connectivity index (χ0v) is 17.6. The maximum absolute atomic E-state index is 14.5. The number of esters is 1. The number of hydrogen-bond donors (Lipinski definition) is 0. The topological polar surface area (TPSA) is 82.4 Å². The van der Waals surface area contributed by atoms with E-state index in [0.29, 0.717) is 30.1 Å². The Morgan fingerprint density at radius 3 is 2.64 bits per heavy atom. The number of aromatic nitrogens is 4. The van der Waals surface area contributed by atoms with Crippen LogP contribution in [0.4, 0.5) is 14.7 Å². The molecule has 0 atom stereocenters. The van der Waals surface area contributed by atoms with Gasteiger partial charge in [-0.3, -0.25) is 4.79 Å². The third-order valence-electron chi connectivity index (χ3n) is 5.44. The largest absolute Gasteiger partial charge is 0.472 e. The van der Waals surface area contributed by atoms with E-state index in [-0.39, 0.29) is 30.1 Å². The summed E-state index contributed by atoms with van der Waals surface area (Å²) in [5, 5.41) is 4.73. The molecular formula is C23H19F2N5O3. The number of methoxy groups -OCH3 is 1. The predicted molar refractivity (Wildman–Crippen MR) is 115 cm³/mol. The maximum Gasteiger partial charge on any atom is 0.312 e. The minimum atomic E-state index is -0.776. The fraction of sp³-hybridized carbons (Fsp3) is 0.217. The summed E-state index contributed by atoms with van der Waals surface area (Å²) >= 11 is 0. The molecule has 2 aromatic heterocycles. The summed E-state index contributed by atoms with van der Waals surface area (Å²) < 4.78 is 40.0. The predicted octanol–water partition coefficient (Wildman–Crippen LogP) is 3.28. The first-order chi connectivity index (χ1) is 16.0. The molecule has 4 aromatic rings. The third-order valence-corrected chi connectivity index (χ3v) is 5.44. The SMILES string of the molecule is COC(=O)C1CN(c2nc(OCc3ccccc3)c3cnn(-c4ccc(F)cc4F)c3n2)C1. The van der Waals surface area contributed by atoms with Crippen molar-refractivity contribution in [2.24, 2.45) is 5.92 Å². The second-order valence-corrected chi connectivity index (χ2v) is 7.62. The van der Waals surface area contributed by atoms with Crippen LogP contribution in [0.1, 0.15) is 5.56 Å². The van der Waals surface area contributed by atoms with Crippen molar-refractivity contribution in [2.75, 3.05) is 25.1 Å². The molecule has 8 nitrogen and oxygen atoms in total. The number of benzene rings is 2. The number of hydrogen-bond acceptors (Lipinski definition) is 7. The van der Waals surface area contributed by atoms with Gasteiger partial charge in [0.15, 0.2) is 11.5 Å². The molecule has 1 saturated heterocycles. The highest BCUT2D eigenvalue weighted by Gasteiger charge is 2.36. The first-order valence-corrected chi connectivity index (χ1v) is 10.2. The van der Waals surface area contributed by atoms with E-state index in [1.165, 1.54) is 24.1 Å². The maximum atomic E-state index is 14.5. The molecule has 5 rings (SSSR count). The van der Waals surface area contributed by atoms with E-state index in [2.05, 4.69) is 15.1 Å². The Balaban J connectivity index is 1.54. The van der Waals surface area contributed by atoms with Gasteiger partial charge in [0, 0.05) is 19.2 Å². The van der Waals surface area contributed by atoms with Gasteiger partial charge in [0.05, 0.1) is 19.2 Å².